The smallest absolute Gasteiger partial charge is 0.342 e. The van der Waals surface area contributed by atoms with Crippen LogP contribution in [0.5, 0.6) is 11.5 Å². The highest BCUT2D eigenvalue weighted by Crippen LogP contribution is 2.49. The summed E-state index contributed by atoms with van der Waals surface area (Å²) in [6, 6.07) is 12.7. The molecule has 0 amide bonds. The molecule has 168 valence electrons. The number of ether oxygens (including phenoxy) is 2. The number of carbonyl (C=O) groups excluding carboxylic acids is 2. The minimum absolute atomic E-state index is 0.0732. The van der Waals surface area contributed by atoms with E-state index in [-0.39, 0.29) is 24.9 Å². The largest absolute Gasteiger partial charge is 0.508 e. The van der Waals surface area contributed by atoms with Gasteiger partial charge in [0.25, 0.3) is 0 Å². The van der Waals surface area contributed by atoms with Crippen LogP contribution in [0.2, 0.25) is 0 Å². The first kappa shape index (κ1) is 24.6. The Morgan fingerprint density at radius 1 is 0.903 bits per heavy atom. The first-order valence-electron chi connectivity index (χ1n) is 9.55. The normalized spacial score (nSPS) is 13.3. The SMILES string of the molecule is COC(=O)CP(=O)(OCc1ccc(O)cc1)OCc1ccc(OC(=O)C(C)(C)C)cc1. The maximum atomic E-state index is 13.1. The molecule has 0 aromatic heterocycles. The molecule has 0 saturated heterocycles. The molecule has 0 aliphatic rings. The summed E-state index contributed by atoms with van der Waals surface area (Å²) >= 11 is 0. The van der Waals surface area contributed by atoms with Crippen LogP contribution in [-0.2, 0) is 41.2 Å². The fourth-order valence-corrected chi connectivity index (χ4v) is 3.60. The zero-order valence-electron chi connectivity index (χ0n) is 18.0. The van der Waals surface area contributed by atoms with E-state index in [4.69, 9.17) is 13.8 Å². The number of carbonyl (C=O) groups is 2. The zero-order valence-corrected chi connectivity index (χ0v) is 18.9. The minimum atomic E-state index is -3.81. The second-order valence-electron chi connectivity index (χ2n) is 7.84. The number of aromatic hydroxyl groups is 1. The van der Waals surface area contributed by atoms with Crippen LogP contribution < -0.4 is 4.74 Å². The van der Waals surface area contributed by atoms with Crippen molar-refractivity contribution < 1.29 is 37.8 Å². The van der Waals surface area contributed by atoms with Gasteiger partial charge in [-0.15, -0.1) is 0 Å². The summed E-state index contributed by atoms with van der Waals surface area (Å²) < 4.78 is 33.9. The van der Waals surface area contributed by atoms with E-state index in [0.29, 0.717) is 16.9 Å². The highest BCUT2D eigenvalue weighted by Gasteiger charge is 2.30. The van der Waals surface area contributed by atoms with E-state index in [0.717, 1.165) is 0 Å². The minimum Gasteiger partial charge on any atom is -0.508 e. The number of rotatable bonds is 9. The van der Waals surface area contributed by atoms with Crippen molar-refractivity contribution in [3.63, 3.8) is 0 Å². The van der Waals surface area contributed by atoms with Gasteiger partial charge in [0.05, 0.1) is 25.7 Å². The van der Waals surface area contributed by atoms with Gasteiger partial charge in [0.2, 0.25) is 0 Å². The monoisotopic (exact) mass is 450 g/mol. The summed E-state index contributed by atoms with van der Waals surface area (Å²) in [6.07, 6.45) is -0.539. The van der Waals surface area contributed by atoms with Crippen LogP contribution in [0, 0.1) is 5.41 Å². The number of phenols is 1. The molecule has 8 nitrogen and oxygen atoms in total. The standard InChI is InChI=1S/C22H27O8P/c1-22(2,3)21(25)30-19-11-7-17(8-12-19)14-29-31(26,15-20(24)27-4)28-13-16-5-9-18(23)10-6-16/h5-12,23H,13-15H2,1-4H3. The van der Waals surface area contributed by atoms with E-state index in [2.05, 4.69) is 4.74 Å². The van der Waals surface area contributed by atoms with Gasteiger partial charge in [0.1, 0.15) is 17.7 Å². The van der Waals surface area contributed by atoms with E-state index in [1.54, 1.807) is 57.2 Å². The lowest BCUT2D eigenvalue weighted by Crippen LogP contribution is -2.25. The van der Waals surface area contributed by atoms with Gasteiger partial charge in [-0.05, 0) is 56.2 Å². The van der Waals surface area contributed by atoms with E-state index < -0.39 is 25.1 Å². The molecule has 1 unspecified atom stereocenters. The van der Waals surface area contributed by atoms with E-state index in [1.807, 2.05) is 0 Å². The molecule has 0 heterocycles. The number of methoxy groups -OCH3 is 1. The van der Waals surface area contributed by atoms with Crippen molar-refractivity contribution in [1.82, 2.24) is 0 Å². The van der Waals surface area contributed by atoms with Gasteiger partial charge in [0, 0.05) is 0 Å². The molecule has 2 rings (SSSR count). The fourth-order valence-electron chi connectivity index (χ4n) is 2.20. The fraction of sp³-hybridized carbons (Fsp3) is 0.364. The topological polar surface area (TPSA) is 108 Å². The molecular formula is C22H27O8P. The Labute approximate surface area is 181 Å². The number of esters is 2. The summed E-state index contributed by atoms with van der Waals surface area (Å²) in [6.45, 7) is 5.12. The molecule has 0 fully saturated rings. The maximum absolute atomic E-state index is 13.1. The molecular weight excluding hydrogens is 423 g/mol. The van der Waals surface area contributed by atoms with Gasteiger partial charge < -0.3 is 23.6 Å². The van der Waals surface area contributed by atoms with Crippen molar-refractivity contribution in [3.05, 3.63) is 59.7 Å². The third-order valence-electron chi connectivity index (χ3n) is 4.09. The Balaban J connectivity index is 2.02. The van der Waals surface area contributed by atoms with Gasteiger partial charge >= 0.3 is 19.5 Å². The number of benzene rings is 2. The number of hydrogen-bond donors (Lipinski definition) is 1. The van der Waals surface area contributed by atoms with Crippen LogP contribution in [0.15, 0.2) is 48.5 Å². The third kappa shape index (κ3) is 8.17. The zero-order chi connectivity index (χ0) is 23.1. The molecule has 2 aromatic carbocycles. The summed E-state index contributed by atoms with van der Waals surface area (Å²) in [4.78, 5) is 23.6. The lowest BCUT2D eigenvalue weighted by Gasteiger charge is -2.18. The van der Waals surface area contributed by atoms with Crippen LogP contribution >= 0.6 is 7.60 Å². The Hall–Kier alpha value is -2.67. The Bertz CT molecular complexity index is 929. The Morgan fingerprint density at radius 3 is 1.84 bits per heavy atom. The summed E-state index contributed by atoms with van der Waals surface area (Å²) in [5.74, 6) is -0.612. The van der Waals surface area contributed by atoms with Crippen LogP contribution in [0.4, 0.5) is 0 Å². The highest BCUT2D eigenvalue weighted by molar-refractivity contribution is 7.54. The summed E-state index contributed by atoms with van der Waals surface area (Å²) in [7, 11) is -2.63. The quantitative estimate of drug-likeness (QED) is 0.339. The molecule has 9 heteroatoms. The number of phenolic OH excluding ortho intramolecular Hbond substituents is 1. The molecule has 0 bridgehead atoms. The van der Waals surface area contributed by atoms with Crippen LogP contribution in [0.1, 0.15) is 31.9 Å². The van der Waals surface area contributed by atoms with Gasteiger partial charge in [-0.1, -0.05) is 24.3 Å². The molecule has 1 atom stereocenters. The van der Waals surface area contributed by atoms with Crippen LogP contribution in [-0.4, -0.2) is 30.3 Å². The molecule has 1 N–H and O–H groups in total. The van der Waals surface area contributed by atoms with Gasteiger partial charge in [-0.3, -0.25) is 14.2 Å². The van der Waals surface area contributed by atoms with E-state index in [9.17, 15) is 19.3 Å². The van der Waals surface area contributed by atoms with Crippen molar-refractivity contribution in [1.29, 1.82) is 0 Å². The molecule has 31 heavy (non-hydrogen) atoms. The maximum Gasteiger partial charge on any atom is 0.342 e. The molecule has 0 saturated carbocycles. The van der Waals surface area contributed by atoms with Crippen molar-refractivity contribution >= 4 is 19.5 Å². The average Bonchev–Trinajstić information content (AvgIpc) is 2.72. The second kappa shape index (κ2) is 10.6. The molecule has 0 spiro atoms. The highest BCUT2D eigenvalue weighted by atomic mass is 31.2. The molecule has 2 aromatic rings. The average molecular weight is 450 g/mol. The lowest BCUT2D eigenvalue weighted by molar-refractivity contribution is -0.143. The predicted octanol–water partition coefficient (Wildman–Crippen LogP) is 4.44. The van der Waals surface area contributed by atoms with Crippen molar-refractivity contribution in [3.8, 4) is 11.5 Å². The molecule has 0 radical (unpaired) electrons. The van der Waals surface area contributed by atoms with Gasteiger partial charge in [-0.25, -0.2) is 0 Å². The molecule has 0 aliphatic heterocycles. The summed E-state index contributed by atoms with van der Waals surface area (Å²) in [5.41, 5.74) is 0.669. The van der Waals surface area contributed by atoms with E-state index >= 15 is 0 Å². The Morgan fingerprint density at radius 2 is 1.39 bits per heavy atom. The first-order valence-corrected chi connectivity index (χ1v) is 11.3. The third-order valence-corrected chi connectivity index (χ3v) is 5.78. The number of hydrogen-bond acceptors (Lipinski definition) is 8. The van der Waals surface area contributed by atoms with Crippen molar-refractivity contribution in [2.75, 3.05) is 13.3 Å². The first-order chi connectivity index (χ1) is 14.5. The van der Waals surface area contributed by atoms with E-state index in [1.165, 1.54) is 19.2 Å². The lowest BCUT2D eigenvalue weighted by atomic mass is 9.97. The summed E-state index contributed by atoms with van der Waals surface area (Å²) in [5, 5.41) is 9.34. The molecule has 0 aliphatic carbocycles. The van der Waals surface area contributed by atoms with Gasteiger partial charge in [-0.2, -0.15) is 0 Å². The van der Waals surface area contributed by atoms with Crippen molar-refractivity contribution in [2.24, 2.45) is 5.41 Å². The van der Waals surface area contributed by atoms with Crippen LogP contribution in [0.25, 0.3) is 0 Å². The second-order valence-corrected chi connectivity index (χ2v) is 9.90. The van der Waals surface area contributed by atoms with Crippen molar-refractivity contribution in [2.45, 2.75) is 34.0 Å². The predicted molar refractivity (Wildman–Crippen MR) is 114 cm³/mol. The van der Waals surface area contributed by atoms with Gasteiger partial charge in [0.15, 0.2) is 0 Å². The van der Waals surface area contributed by atoms with Crippen LogP contribution in [0.3, 0.4) is 0 Å². The Kier molecular flexibility index (Phi) is 8.39.